The third-order valence-electron chi connectivity index (χ3n) is 3.10. The fraction of sp³-hybridized carbons (Fsp3) is 0.727. The largest absolute Gasteiger partial charge is 0.396 e. The van der Waals surface area contributed by atoms with E-state index in [4.69, 9.17) is 5.11 Å². The van der Waals surface area contributed by atoms with Crippen molar-refractivity contribution in [3.63, 3.8) is 0 Å². The van der Waals surface area contributed by atoms with Crippen LogP contribution in [0.1, 0.15) is 36.7 Å². The number of hydrogen-bond acceptors (Lipinski definition) is 3. The van der Waals surface area contributed by atoms with Crippen molar-refractivity contribution in [3.05, 3.63) is 17.7 Å². The Balaban J connectivity index is 2.18. The zero-order valence-electron chi connectivity index (χ0n) is 8.89. The molecule has 15 heavy (non-hydrogen) atoms. The van der Waals surface area contributed by atoms with E-state index in [1.54, 1.807) is 0 Å². The SMILES string of the molecule is OCCCc1ncc2n1CCCC2CO. The van der Waals surface area contributed by atoms with Crippen molar-refractivity contribution in [3.8, 4) is 0 Å². The second kappa shape index (κ2) is 4.77. The number of aliphatic hydroxyl groups is 2. The number of nitrogens with zero attached hydrogens (tertiary/aromatic N) is 2. The van der Waals surface area contributed by atoms with Crippen molar-refractivity contribution >= 4 is 0 Å². The van der Waals surface area contributed by atoms with Crippen LogP contribution in [0.5, 0.6) is 0 Å². The van der Waals surface area contributed by atoms with E-state index in [9.17, 15) is 5.11 Å². The van der Waals surface area contributed by atoms with E-state index in [-0.39, 0.29) is 19.1 Å². The van der Waals surface area contributed by atoms with Gasteiger partial charge < -0.3 is 14.8 Å². The first-order chi connectivity index (χ1) is 7.36. The average Bonchev–Trinajstić information content (AvgIpc) is 2.69. The number of aliphatic hydroxyl groups excluding tert-OH is 2. The van der Waals surface area contributed by atoms with Crippen LogP contribution in [0.15, 0.2) is 6.20 Å². The summed E-state index contributed by atoms with van der Waals surface area (Å²) in [5.41, 5.74) is 1.16. The van der Waals surface area contributed by atoms with Gasteiger partial charge in [0.05, 0.1) is 6.61 Å². The third kappa shape index (κ3) is 2.06. The van der Waals surface area contributed by atoms with Gasteiger partial charge in [0.25, 0.3) is 0 Å². The molecule has 1 aliphatic rings. The van der Waals surface area contributed by atoms with Gasteiger partial charge in [0, 0.05) is 37.4 Å². The van der Waals surface area contributed by atoms with Crippen LogP contribution in [-0.2, 0) is 13.0 Å². The first-order valence-electron chi connectivity index (χ1n) is 5.63. The minimum Gasteiger partial charge on any atom is -0.396 e. The number of imidazole rings is 1. The first-order valence-corrected chi connectivity index (χ1v) is 5.63. The number of hydrogen-bond donors (Lipinski definition) is 2. The average molecular weight is 210 g/mol. The third-order valence-corrected chi connectivity index (χ3v) is 3.10. The van der Waals surface area contributed by atoms with Crippen LogP contribution in [0.4, 0.5) is 0 Å². The van der Waals surface area contributed by atoms with Gasteiger partial charge in [-0.15, -0.1) is 0 Å². The van der Waals surface area contributed by atoms with Crippen molar-refractivity contribution in [2.45, 2.75) is 38.1 Å². The van der Waals surface area contributed by atoms with Gasteiger partial charge in [-0.25, -0.2) is 4.98 Å². The van der Waals surface area contributed by atoms with E-state index >= 15 is 0 Å². The highest BCUT2D eigenvalue weighted by atomic mass is 16.3. The fourth-order valence-corrected chi connectivity index (χ4v) is 2.28. The molecule has 0 spiro atoms. The molecule has 2 N–H and O–H groups in total. The first kappa shape index (κ1) is 10.6. The molecule has 84 valence electrons. The normalized spacial score (nSPS) is 20.3. The summed E-state index contributed by atoms with van der Waals surface area (Å²) in [4.78, 5) is 4.37. The highest BCUT2D eigenvalue weighted by Gasteiger charge is 2.22. The summed E-state index contributed by atoms with van der Waals surface area (Å²) >= 11 is 0. The summed E-state index contributed by atoms with van der Waals surface area (Å²) in [6, 6.07) is 0. The second-order valence-electron chi connectivity index (χ2n) is 4.10. The predicted octanol–water partition coefficient (Wildman–Crippen LogP) is 0.678. The summed E-state index contributed by atoms with van der Waals surface area (Å²) in [7, 11) is 0. The minimum atomic E-state index is 0.213. The molecule has 0 aromatic carbocycles. The summed E-state index contributed by atoms with van der Waals surface area (Å²) in [6.45, 7) is 1.43. The van der Waals surface area contributed by atoms with Crippen LogP contribution in [0, 0.1) is 0 Å². The van der Waals surface area contributed by atoms with E-state index in [2.05, 4.69) is 9.55 Å². The van der Waals surface area contributed by atoms with Crippen LogP contribution in [0.25, 0.3) is 0 Å². The standard InChI is InChI=1S/C11H18N2O2/c14-6-2-4-11-12-7-10-9(8-15)3-1-5-13(10)11/h7,9,14-15H,1-6,8H2. The Bertz CT molecular complexity index is 322. The Morgan fingerprint density at radius 2 is 2.33 bits per heavy atom. The molecule has 1 aromatic rings. The van der Waals surface area contributed by atoms with E-state index < -0.39 is 0 Å². The molecule has 4 nitrogen and oxygen atoms in total. The van der Waals surface area contributed by atoms with Gasteiger partial charge in [0.2, 0.25) is 0 Å². The number of fused-ring (bicyclic) bond motifs is 1. The van der Waals surface area contributed by atoms with Crippen molar-refractivity contribution < 1.29 is 10.2 Å². The summed E-state index contributed by atoms with van der Waals surface area (Å²) < 4.78 is 2.21. The van der Waals surface area contributed by atoms with Crippen LogP contribution < -0.4 is 0 Å². The van der Waals surface area contributed by atoms with Crippen molar-refractivity contribution in [1.82, 2.24) is 9.55 Å². The highest BCUT2D eigenvalue weighted by Crippen LogP contribution is 2.27. The molecule has 0 bridgehead atoms. The van der Waals surface area contributed by atoms with Gasteiger partial charge in [0.15, 0.2) is 0 Å². The molecule has 1 aliphatic heterocycles. The molecule has 0 saturated carbocycles. The fourth-order valence-electron chi connectivity index (χ4n) is 2.28. The predicted molar refractivity (Wildman–Crippen MR) is 56.7 cm³/mol. The Labute approximate surface area is 89.6 Å². The van der Waals surface area contributed by atoms with Crippen LogP contribution in [0.3, 0.4) is 0 Å². The molecule has 0 saturated heterocycles. The molecule has 4 heteroatoms. The Morgan fingerprint density at radius 1 is 1.47 bits per heavy atom. The maximum Gasteiger partial charge on any atom is 0.108 e. The quantitative estimate of drug-likeness (QED) is 0.768. The molecule has 2 heterocycles. The maximum absolute atomic E-state index is 9.24. The van der Waals surface area contributed by atoms with E-state index in [0.29, 0.717) is 0 Å². The number of aryl methyl sites for hydroxylation is 1. The zero-order chi connectivity index (χ0) is 10.7. The van der Waals surface area contributed by atoms with Gasteiger partial charge in [-0.05, 0) is 19.3 Å². The molecule has 0 radical (unpaired) electrons. The van der Waals surface area contributed by atoms with Gasteiger partial charge >= 0.3 is 0 Å². The number of aromatic nitrogens is 2. The van der Waals surface area contributed by atoms with Gasteiger partial charge in [-0.3, -0.25) is 0 Å². The lowest BCUT2D eigenvalue weighted by atomic mass is 9.97. The smallest absolute Gasteiger partial charge is 0.108 e. The Kier molecular flexibility index (Phi) is 3.38. The Hall–Kier alpha value is -0.870. The molecular formula is C11H18N2O2. The van der Waals surface area contributed by atoms with Crippen molar-refractivity contribution in [2.75, 3.05) is 13.2 Å². The van der Waals surface area contributed by atoms with E-state index in [1.807, 2.05) is 6.20 Å². The molecule has 0 aliphatic carbocycles. The maximum atomic E-state index is 9.24. The van der Waals surface area contributed by atoms with Crippen LogP contribution >= 0.6 is 0 Å². The van der Waals surface area contributed by atoms with Crippen LogP contribution in [-0.4, -0.2) is 33.0 Å². The lowest BCUT2D eigenvalue weighted by molar-refractivity contribution is 0.239. The minimum absolute atomic E-state index is 0.213. The molecule has 2 rings (SSSR count). The van der Waals surface area contributed by atoms with E-state index in [0.717, 1.165) is 43.7 Å². The summed E-state index contributed by atoms with van der Waals surface area (Å²) in [6.07, 6.45) is 5.64. The second-order valence-corrected chi connectivity index (χ2v) is 4.10. The lowest BCUT2D eigenvalue weighted by Gasteiger charge is -2.23. The molecular weight excluding hydrogens is 192 g/mol. The molecule has 1 aromatic heterocycles. The molecule has 1 atom stereocenters. The topological polar surface area (TPSA) is 58.3 Å². The Morgan fingerprint density at radius 3 is 3.07 bits per heavy atom. The van der Waals surface area contributed by atoms with Gasteiger partial charge in [-0.2, -0.15) is 0 Å². The zero-order valence-corrected chi connectivity index (χ0v) is 8.89. The lowest BCUT2D eigenvalue weighted by Crippen LogP contribution is -2.19. The van der Waals surface area contributed by atoms with E-state index in [1.165, 1.54) is 0 Å². The van der Waals surface area contributed by atoms with Gasteiger partial charge in [0.1, 0.15) is 5.82 Å². The molecule has 1 unspecified atom stereocenters. The van der Waals surface area contributed by atoms with Gasteiger partial charge in [-0.1, -0.05) is 0 Å². The molecule has 0 fully saturated rings. The highest BCUT2D eigenvalue weighted by molar-refractivity contribution is 5.13. The summed E-state index contributed by atoms with van der Waals surface area (Å²) in [5, 5.41) is 18.0. The van der Waals surface area contributed by atoms with Crippen molar-refractivity contribution in [2.24, 2.45) is 0 Å². The van der Waals surface area contributed by atoms with Crippen molar-refractivity contribution in [1.29, 1.82) is 0 Å². The van der Waals surface area contributed by atoms with Crippen LogP contribution in [0.2, 0.25) is 0 Å². The monoisotopic (exact) mass is 210 g/mol. The summed E-state index contributed by atoms with van der Waals surface area (Å²) in [5.74, 6) is 1.31. The molecule has 0 amide bonds. The number of rotatable bonds is 4.